The third-order valence-corrected chi connectivity index (χ3v) is 3.18. The number of hydrogen-bond acceptors (Lipinski definition) is 3. The zero-order chi connectivity index (χ0) is 13.7. The third kappa shape index (κ3) is 3.29. The molecule has 5 heteroatoms. The molecule has 1 N–H and O–H groups in total. The van der Waals surface area contributed by atoms with E-state index >= 15 is 0 Å². The summed E-state index contributed by atoms with van der Waals surface area (Å²) in [7, 11) is 3.07. The fourth-order valence-electron chi connectivity index (χ4n) is 1.87. The largest absolute Gasteiger partial charge is 0.493 e. The number of hydrogen-bond donors (Lipinski definition) is 1. The van der Waals surface area contributed by atoms with E-state index in [1.807, 2.05) is 6.92 Å². The molecule has 0 saturated carbocycles. The van der Waals surface area contributed by atoms with E-state index in [9.17, 15) is 4.79 Å². The van der Waals surface area contributed by atoms with Crippen LogP contribution in [-0.2, 0) is 4.79 Å². The molecule has 0 aromatic heterocycles. The maximum Gasteiger partial charge on any atom is 0.303 e. The average molecular weight is 273 g/mol. The van der Waals surface area contributed by atoms with Gasteiger partial charge in [-0.25, -0.2) is 0 Å². The molecular weight excluding hydrogens is 256 g/mol. The average Bonchev–Trinajstić information content (AvgIpc) is 2.35. The van der Waals surface area contributed by atoms with E-state index in [2.05, 4.69) is 0 Å². The van der Waals surface area contributed by atoms with E-state index < -0.39 is 5.97 Å². The van der Waals surface area contributed by atoms with Crippen LogP contribution in [0.25, 0.3) is 0 Å². The van der Waals surface area contributed by atoms with Crippen LogP contribution in [0.4, 0.5) is 0 Å². The topological polar surface area (TPSA) is 55.8 Å². The van der Waals surface area contributed by atoms with E-state index in [0.29, 0.717) is 22.9 Å². The van der Waals surface area contributed by atoms with E-state index in [1.165, 1.54) is 14.2 Å². The second-order valence-electron chi connectivity index (χ2n) is 3.93. The lowest BCUT2D eigenvalue weighted by atomic mass is 9.93. The SMILES string of the molecule is CCC(CC(=O)O)c1cc(OC)c(OC)cc1Cl. The number of carboxylic acids is 1. The summed E-state index contributed by atoms with van der Waals surface area (Å²) in [5.74, 6) is 0.125. The number of aliphatic carboxylic acids is 1. The zero-order valence-corrected chi connectivity index (χ0v) is 11.5. The minimum Gasteiger partial charge on any atom is -0.493 e. The highest BCUT2D eigenvalue weighted by molar-refractivity contribution is 6.31. The molecule has 4 nitrogen and oxygen atoms in total. The first-order valence-corrected chi connectivity index (χ1v) is 6.04. The van der Waals surface area contributed by atoms with Crippen molar-refractivity contribution in [3.05, 3.63) is 22.7 Å². The Kier molecular flexibility index (Phi) is 5.28. The van der Waals surface area contributed by atoms with Gasteiger partial charge in [0.2, 0.25) is 0 Å². The lowest BCUT2D eigenvalue weighted by Crippen LogP contribution is -2.06. The minimum absolute atomic E-state index is 0.0473. The van der Waals surface area contributed by atoms with E-state index in [4.69, 9.17) is 26.2 Å². The number of carbonyl (C=O) groups is 1. The lowest BCUT2D eigenvalue weighted by Gasteiger charge is -2.17. The van der Waals surface area contributed by atoms with Gasteiger partial charge in [0, 0.05) is 11.1 Å². The number of benzene rings is 1. The maximum atomic E-state index is 10.8. The van der Waals surface area contributed by atoms with Gasteiger partial charge in [0.1, 0.15) is 0 Å². The summed E-state index contributed by atoms with van der Waals surface area (Å²) in [4.78, 5) is 10.8. The first-order valence-electron chi connectivity index (χ1n) is 5.66. The number of rotatable bonds is 6. The Labute approximate surface area is 111 Å². The van der Waals surface area contributed by atoms with E-state index in [-0.39, 0.29) is 12.3 Å². The maximum absolute atomic E-state index is 10.8. The van der Waals surface area contributed by atoms with Crippen molar-refractivity contribution in [2.24, 2.45) is 0 Å². The molecule has 1 unspecified atom stereocenters. The second kappa shape index (κ2) is 6.50. The van der Waals surface area contributed by atoms with Crippen LogP contribution in [0.15, 0.2) is 12.1 Å². The molecule has 0 amide bonds. The van der Waals surface area contributed by atoms with Gasteiger partial charge in [0.25, 0.3) is 0 Å². The Balaban J connectivity index is 3.18. The van der Waals surface area contributed by atoms with Crippen molar-refractivity contribution in [1.29, 1.82) is 0 Å². The van der Waals surface area contributed by atoms with Crippen LogP contribution in [0.2, 0.25) is 5.02 Å². The standard InChI is InChI=1S/C13H17ClO4/c1-4-8(5-13(15)16)9-6-11(17-2)12(18-3)7-10(9)14/h6-8H,4-5H2,1-3H3,(H,15,16). The summed E-state index contributed by atoms with van der Waals surface area (Å²) in [6, 6.07) is 3.40. The highest BCUT2D eigenvalue weighted by Crippen LogP contribution is 2.38. The fourth-order valence-corrected chi connectivity index (χ4v) is 2.18. The number of ether oxygens (including phenoxy) is 2. The Morgan fingerprint density at radius 2 is 1.89 bits per heavy atom. The van der Waals surface area contributed by atoms with Crippen LogP contribution in [0, 0.1) is 0 Å². The van der Waals surface area contributed by atoms with Crippen molar-refractivity contribution in [3.63, 3.8) is 0 Å². The van der Waals surface area contributed by atoms with Crippen molar-refractivity contribution >= 4 is 17.6 Å². The van der Waals surface area contributed by atoms with Gasteiger partial charge in [-0.3, -0.25) is 4.79 Å². The van der Waals surface area contributed by atoms with Gasteiger partial charge in [0.15, 0.2) is 11.5 Å². The predicted molar refractivity (Wildman–Crippen MR) is 69.8 cm³/mol. The summed E-state index contributed by atoms with van der Waals surface area (Å²) in [6.07, 6.45) is 0.743. The number of methoxy groups -OCH3 is 2. The van der Waals surface area contributed by atoms with Gasteiger partial charge in [-0.1, -0.05) is 18.5 Å². The van der Waals surface area contributed by atoms with Crippen LogP contribution in [0.3, 0.4) is 0 Å². The Morgan fingerprint density at radius 1 is 1.33 bits per heavy atom. The van der Waals surface area contributed by atoms with Crippen molar-refractivity contribution in [1.82, 2.24) is 0 Å². The van der Waals surface area contributed by atoms with E-state index in [1.54, 1.807) is 12.1 Å². The van der Waals surface area contributed by atoms with Crippen LogP contribution in [0.5, 0.6) is 11.5 Å². The van der Waals surface area contributed by atoms with Crippen molar-refractivity contribution < 1.29 is 19.4 Å². The highest BCUT2D eigenvalue weighted by atomic mass is 35.5. The van der Waals surface area contributed by atoms with Crippen LogP contribution in [0.1, 0.15) is 31.2 Å². The molecule has 0 aliphatic rings. The van der Waals surface area contributed by atoms with E-state index in [0.717, 1.165) is 5.56 Å². The monoisotopic (exact) mass is 272 g/mol. The van der Waals surface area contributed by atoms with Gasteiger partial charge in [0.05, 0.1) is 20.6 Å². The Bertz CT molecular complexity index is 431. The molecule has 1 aromatic carbocycles. The molecule has 0 spiro atoms. The van der Waals surface area contributed by atoms with Crippen LogP contribution >= 0.6 is 11.6 Å². The molecule has 1 atom stereocenters. The molecule has 0 fully saturated rings. The lowest BCUT2D eigenvalue weighted by molar-refractivity contribution is -0.137. The summed E-state index contributed by atoms with van der Waals surface area (Å²) in [5.41, 5.74) is 0.777. The number of carboxylic acid groups (broad SMARTS) is 1. The van der Waals surface area contributed by atoms with Gasteiger partial charge in [-0.05, 0) is 24.0 Å². The van der Waals surface area contributed by atoms with Crippen molar-refractivity contribution in [2.45, 2.75) is 25.7 Å². The Hall–Kier alpha value is -1.42. The summed E-state index contributed by atoms with van der Waals surface area (Å²) >= 11 is 6.17. The van der Waals surface area contributed by atoms with Gasteiger partial charge >= 0.3 is 5.97 Å². The molecular formula is C13H17ClO4. The Morgan fingerprint density at radius 3 is 2.33 bits per heavy atom. The summed E-state index contributed by atoms with van der Waals surface area (Å²) in [6.45, 7) is 1.93. The van der Waals surface area contributed by atoms with Gasteiger partial charge in [-0.2, -0.15) is 0 Å². The number of halogens is 1. The molecule has 1 rings (SSSR count). The molecule has 18 heavy (non-hydrogen) atoms. The zero-order valence-electron chi connectivity index (χ0n) is 10.7. The smallest absolute Gasteiger partial charge is 0.303 e. The van der Waals surface area contributed by atoms with Crippen molar-refractivity contribution in [3.8, 4) is 11.5 Å². The third-order valence-electron chi connectivity index (χ3n) is 2.86. The quantitative estimate of drug-likeness (QED) is 0.863. The molecule has 0 radical (unpaired) electrons. The minimum atomic E-state index is -0.840. The summed E-state index contributed by atoms with van der Waals surface area (Å²) < 4.78 is 10.3. The molecule has 0 aliphatic carbocycles. The molecule has 0 aliphatic heterocycles. The molecule has 0 heterocycles. The van der Waals surface area contributed by atoms with Gasteiger partial charge < -0.3 is 14.6 Å². The predicted octanol–water partition coefficient (Wildman–Crippen LogP) is 3.33. The van der Waals surface area contributed by atoms with Gasteiger partial charge in [-0.15, -0.1) is 0 Å². The summed E-state index contributed by atoms with van der Waals surface area (Å²) in [5, 5.41) is 9.40. The fraction of sp³-hybridized carbons (Fsp3) is 0.462. The second-order valence-corrected chi connectivity index (χ2v) is 4.34. The normalized spacial score (nSPS) is 12.0. The first-order chi connectivity index (χ1) is 8.53. The van der Waals surface area contributed by atoms with Crippen LogP contribution in [-0.4, -0.2) is 25.3 Å². The van der Waals surface area contributed by atoms with Crippen molar-refractivity contribution in [2.75, 3.05) is 14.2 Å². The molecule has 0 bridgehead atoms. The first kappa shape index (κ1) is 14.6. The van der Waals surface area contributed by atoms with Crippen LogP contribution < -0.4 is 9.47 Å². The highest BCUT2D eigenvalue weighted by Gasteiger charge is 2.19. The molecule has 1 aromatic rings. The molecule has 100 valence electrons. The molecule has 0 saturated heterocycles.